The number of benzene rings is 2. The number of hydrogen-bond acceptors (Lipinski definition) is 2. The second-order valence-electron chi connectivity index (χ2n) is 5.00. The Morgan fingerprint density at radius 1 is 1.05 bits per heavy atom. The largest absolute Gasteiger partial charge is 0.325 e. The molecule has 2 aromatic carbocycles. The van der Waals surface area contributed by atoms with Crippen molar-refractivity contribution in [3.63, 3.8) is 0 Å². The van der Waals surface area contributed by atoms with Crippen LogP contribution in [0.15, 0.2) is 54.7 Å². The summed E-state index contributed by atoms with van der Waals surface area (Å²) < 4.78 is 2.03. The van der Waals surface area contributed by atoms with Gasteiger partial charge in [-0.15, -0.1) is 0 Å². The van der Waals surface area contributed by atoms with E-state index >= 15 is 0 Å². The first-order valence-electron chi connectivity index (χ1n) is 6.78. The Balaban J connectivity index is 1.97. The lowest BCUT2D eigenvalue weighted by atomic mass is 10.2. The molecule has 21 heavy (non-hydrogen) atoms. The summed E-state index contributed by atoms with van der Waals surface area (Å²) in [5, 5.41) is 4.07. The summed E-state index contributed by atoms with van der Waals surface area (Å²) in [6.07, 6.45) is 2.01. The van der Waals surface area contributed by atoms with Gasteiger partial charge in [0, 0.05) is 22.6 Å². The van der Waals surface area contributed by atoms with Crippen molar-refractivity contribution < 1.29 is 0 Å². The Bertz CT molecular complexity index is 763. The van der Waals surface area contributed by atoms with Crippen molar-refractivity contribution in [3.05, 3.63) is 71.0 Å². The molecule has 0 aliphatic rings. The van der Waals surface area contributed by atoms with Crippen LogP contribution < -0.4 is 5.32 Å². The van der Waals surface area contributed by atoms with Gasteiger partial charge in [0.1, 0.15) is 0 Å². The third-order valence-corrected chi connectivity index (χ3v) is 3.70. The number of rotatable bonds is 3. The van der Waals surface area contributed by atoms with E-state index in [4.69, 9.17) is 11.6 Å². The van der Waals surface area contributed by atoms with Crippen molar-refractivity contribution >= 4 is 23.2 Å². The molecule has 0 atom stereocenters. The molecule has 0 bridgehead atoms. The molecule has 3 rings (SSSR count). The average molecular weight is 298 g/mol. The lowest BCUT2D eigenvalue weighted by Gasteiger charge is -2.10. The highest BCUT2D eigenvalue weighted by molar-refractivity contribution is 6.31. The number of halogens is 1. The van der Waals surface area contributed by atoms with Gasteiger partial charge in [-0.2, -0.15) is 0 Å². The second kappa shape index (κ2) is 5.62. The van der Waals surface area contributed by atoms with E-state index in [0.29, 0.717) is 0 Å². The van der Waals surface area contributed by atoms with Gasteiger partial charge < -0.3 is 5.32 Å². The van der Waals surface area contributed by atoms with Gasteiger partial charge in [-0.3, -0.25) is 4.57 Å². The first-order chi connectivity index (χ1) is 10.1. The zero-order valence-corrected chi connectivity index (χ0v) is 12.7. The first kappa shape index (κ1) is 13.7. The van der Waals surface area contributed by atoms with Crippen molar-refractivity contribution in [3.8, 4) is 5.69 Å². The second-order valence-corrected chi connectivity index (χ2v) is 5.41. The third-order valence-electron chi connectivity index (χ3n) is 3.29. The summed E-state index contributed by atoms with van der Waals surface area (Å²) >= 11 is 6.17. The zero-order chi connectivity index (χ0) is 14.8. The fourth-order valence-corrected chi connectivity index (χ4v) is 2.35. The highest BCUT2D eigenvalue weighted by Crippen LogP contribution is 2.24. The standard InChI is InChI=1S/C17H16ClN3/c1-12-8-9-14(10-16(12)18)20-17-19-13(2)11-21(17)15-6-4-3-5-7-15/h3-11H,1-2H3,(H,19,20). The van der Waals surface area contributed by atoms with Crippen molar-refractivity contribution in [1.82, 2.24) is 9.55 Å². The molecule has 0 amide bonds. The molecule has 1 aromatic heterocycles. The van der Waals surface area contributed by atoms with Gasteiger partial charge in [0.05, 0.1) is 5.69 Å². The molecule has 3 nitrogen and oxygen atoms in total. The number of hydrogen-bond donors (Lipinski definition) is 1. The van der Waals surface area contributed by atoms with Crippen LogP contribution in [0.25, 0.3) is 5.69 Å². The van der Waals surface area contributed by atoms with Gasteiger partial charge in [-0.1, -0.05) is 35.9 Å². The van der Waals surface area contributed by atoms with E-state index in [0.717, 1.165) is 33.6 Å². The SMILES string of the molecule is Cc1cn(-c2ccccc2)c(Nc2ccc(C)c(Cl)c2)n1. The zero-order valence-electron chi connectivity index (χ0n) is 12.0. The van der Waals surface area contributed by atoms with Crippen molar-refractivity contribution in [2.24, 2.45) is 0 Å². The van der Waals surface area contributed by atoms with Crippen LogP contribution in [0.4, 0.5) is 11.6 Å². The number of aryl methyl sites for hydroxylation is 2. The smallest absolute Gasteiger partial charge is 0.212 e. The van der Waals surface area contributed by atoms with Gasteiger partial charge in [-0.05, 0) is 43.7 Å². The van der Waals surface area contributed by atoms with E-state index in [9.17, 15) is 0 Å². The molecule has 0 spiro atoms. The van der Waals surface area contributed by atoms with E-state index in [1.807, 2.05) is 61.0 Å². The van der Waals surface area contributed by atoms with Gasteiger partial charge in [0.15, 0.2) is 0 Å². The minimum atomic E-state index is 0.745. The van der Waals surface area contributed by atoms with Crippen LogP contribution in [-0.2, 0) is 0 Å². The van der Waals surface area contributed by atoms with Crippen LogP contribution in [0, 0.1) is 13.8 Å². The number of aromatic nitrogens is 2. The average Bonchev–Trinajstić information content (AvgIpc) is 2.85. The molecule has 106 valence electrons. The quantitative estimate of drug-likeness (QED) is 0.746. The number of para-hydroxylation sites is 1. The minimum absolute atomic E-state index is 0.745. The molecule has 0 saturated carbocycles. The Morgan fingerprint density at radius 2 is 1.81 bits per heavy atom. The summed E-state index contributed by atoms with van der Waals surface area (Å²) in [7, 11) is 0. The predicted molar refractivity (Wildman–Crippen MR) is 87.8 cm³/mol. The number of anilines is 2. The molecule has 0 aliphatic carbocycles. The molecule has 1 heterocycles. The number of nitrogens with one attached hydrogen (secondary N) is 1. The number of nitrogens with zero attached hydrogens (tertiary/aromatic N) is 2. The monoisotopic (exact) mass is 297 g/mol. The fraction of sp³-hybridized carbons (Fsp3) is 0.118. The predicted octanol–water partition coefficient (Wildman–Crippen LogP) is 4.89. The van der Waals surface area contributed by atoms with Gasteiger partial charge in [-0.25, -0.2) is 4.98 Å². The lowest BCUT2D eigenvalue weighted by Crippen LogP contribution is -2.01. The summed E-state index contributed by atoms with van der Waals surface area (Å²) in [6.45, 7) is 3.97. The first-order valence-corrected chi connectivity index (χ1v) is 7.16. The van der Waals surface area contributed by atoms with Crippen LogP contribution in [0.2, 0.25) is 5.02 Å². The molecule has 0 radical (unpaired) electrons. The van der Waals surface area contributed by atoms with E-state index in [1.54, 1.807) is 0 Å². The highest BCUT2D eigenvalue weighted by atomic mass is 35.5. The summed E-state index contributed by atoms with van der Waals surface area (Å²) in [6, 6.07) is 16.0. The molecular formula is C17H16ClN3. The van der Waals surface area contributed by atoms with E-state index < -0.39 is 0 Å². The van der Waals surface area contributed by atoms with E-state index in [-0.39, 0.29) is 0 Å². The third kappa shape index (κ3) is 2.93. The Morgan fingerprint density at radius 3 is 2.52 bits per heavy atom. The summed E-state index contributed by atoms with van der Waals surface area (Å²) in [5.41, 5.74) is 4.01. The van der Waals surface area contributed by atoms with Crippen molar-refractivity contribution in [1.29, 1.82) is 0 Å². The normalized spacial score (nSPS) is 10.6. The molecule has 4 heteroatoms. The van der Waals surface area contributed by atoms with Gasteiger partial charge in [0.2, 0.25) is 5.95 Å². The van der Waals surface area contributed by atoms with Crippen LogP contribution in [-0.4, -0.2) is 9.55 Å². The Kier molecular flexibility index (Phi) is 3.67. The van der Waals surface area contributed by atoms with Crippen LogP contribution in [0.5, 0.6) is 0 Å². The summed E-state index contributed by atoms with van der Waals surface area (Å²) in [5.74, 6) is 0.776. The topological polar surface area (TPSA) is 29.9 Å². The van der Waals surface area contributed by atoms with E-state index in [1.165, 1.54) is 0 Å². The molecule has 0 saturated heterocycles. The van der Waals surface area contributed by atoms with Crippen LogP contribution in [0.3, 0.4) is 0 Å². The van der Waals surface area contributed by atoms with Gasteiger partial charge >= 0.3 is 0 Å². The molecule has 3 aromatic rings. The van der Waals surface area contributed by atoms with E-state index in [2.05, 4.69) is 22.4 Å². The lowest BCUT2D eigenvalue weighted by molar-refractivity contribution is 1.06. The number of imidazole rings is 1. The molecular weight excluding hydrogens is 282 g/mol. The van der Waals surface area contributed by atoms with Gasteiger partial charge in [0.25, 0.3) is 0 Å². The minimum Gasteiger partial charge on any atom is -0.325 e. The Labute approximate surface area is 129 Å². The Hall–Kier alpha value is -2.26. The fourth-order valence-electron chi connectivity index (χ4n) is 2.17. The van der Waals surface area contributed by atoms with Crippen molar-refractivity contribution in [2.45, 2.75) is 13.8 Å². The molecule has 0 unspecified atom stereocenters. The molecule has 0 fully saturated rings. The maximum absolute atomic E-state index is 6.17. The highest BCUT2D eigenvalue weighted by Gasteiger charge is 2.08. The van der Waals surface area contributed by atoms with Crippen molar-refractivity contribution in [2.75, 3.05) is 5.32 Å². The maximum Gasteiger partial charge on any atom is 0.212 e. The molecule has 1 N–H and O–H groups in total. The van der Waals surface area contributed by atoms with Crippen LogP contribution >= 0.6 is 11.6 Å². The van der Waals surface area contributed by atoms with Crippen LogP contribution in [0.1, 0.15) is 11.3 Å². The maximum atomic E-state index is 6.17. The molecule has 0 aliphatic heterocycles. The summed E-state index contributed by atoms with van der Waals surface area (Å²) in [4.78, 5) is 4.54.